The van der Waals surface area contributed by atoms with Crippen molar-refractivity contribution in [2.75, 3.05) is 38.3 Å². The summed E-state index contributed by atoms with van der Waals surface area (Å²) in [4.78, 5) is 49.4. The van der Waals surface area contributed by atoms with E-state index in [0.717, 1.165) is 18.4 Å². The summed E-state index contributed by atoms with van der Waals surface area (Å²) in [7, 11) is 1.64. The maximum absolute atomic E-state index is 14.3. The molecular weight excluding hydrogens is 498 g/mol. The smallest absolute Gasteiger partial charge is 0.330 e. The van der Waals surface area contributed by atoms with Crippen LogP contribution in [0.4, 0.5) is 5.69 Å². The van der Waals surface area contributed by atoms with Crippen molar-refractivity contribution in [3.05, 3.63) is 23.3 Å². The Kier molecular flexibility index (Phi) is 9.70. The first-order valence-corrected chi connectivity index (χ1v) is 14.2. The van der Waals surface area contributed by atoms with Crippen LogP contribution in [0.1, 0.15) is 90.6 Å². The first kappa shape index (κ1) is 30.9. The molecule has 1 fully saturated rings. The van der Waals surface area contributed by atoms with E-state index in [1.54, 1.807) is 30.9 Å². The molecule has 39 heavy (non-hydrogen) atoms. The van der Waals surface area contributed by atoms with Crippen molar-refractivity contribution in [1.82, 2.24) is 9.96 Å². The van der Waals surface area contributed by atoms with E-state index in [0.29, 0.717) is 56.1 Å². The van der Waals surface area contributed by atoms with Crippen LogP contribution in [0.25, 0.3) is 0 Å². The second kappa shape index (κ2) is 12.3. The van der Waals surface area contributed by atoms with Gasteiger partial charge in [-0.3, -0.25) is 9.59 Å². The molecule has 0 aliphatic carbocycles. The highest BCUT2D eigenvalue weighted by atomic mass is 16.7. The highest BCUT2D eigenvalue weighted by molar-refractivity contribution is 6.05. The summed E-state index contributed by atoms with van der Waals surface area (Å²) in [6.07, 6.45) is 2.94. The van der Waals surface area contributed by atoms with Gasteiger partial charge in [0.1, 0.15) is 5.75 Å². The lowest BCUT2D eigenvalue weighted by atomic mass is 9.96. The van der Waals surface area contributed by atoms with Crippen LogP contribution in [0.2, 0.25) is 0 Å². The summed E-state index contributed by atoms with van der Waals surface area (Å²) in [6, 6.07) is 3.55. The van der Waals surface area contributed by atoms with Crippen LogP contribution in [0.3, 0.4) is 0 Å². The molecule has 0 radical (unpaired) electrons. The van der Waals surface area contributed by atoms with E-state index in [1.807, 2.05) is 58.6 Å². The van der Waals surface area contributed by atoms with Crippen LogP contribution in [-0.4, -0.2) is 78.8 Å². The molecule has 0 aromatic heterocycles. The number of amides is 2. The van der Waals surface area contributed by atoms with Crippen LogP contribution in [0.15, 0.2) is 12.1 Å². The summed E-state index contributed by atoms with van der Waals surface area (Å²) >= 11 is 0. The second-order valence-electron chi connectivity index (χ2n) is 12.4. The molecule has 0 saturated carbocycles. The van der Waals surface area contributed by atoms with Crippen molar-refractivity contribution in [3.63, 3.8) is 0 Å². The average Bonchev–Trinajstić information content (AvgIpc) is 2.85. The topological polar surface area (TPSA) is 88.6 Å². The molecule has 0 spiro atoms. The summed E-state index contributed by atoms with van der Waals surface area (Å²) < 4.78 is 11.4. The van der Waals surface area contributed by atoms with Gasteiger partial charge in [0.15, 0.2) is 5.60 Å². The normalized spacial score (nSPS) is 19.5. The fraction of sp³-hybridized carbons (Fsp3) is 0.700. The molecule has 2 aliphatic rings. The van der Waals surface area contributed by atoms with E-state index in [-0.39, 0.29) is 29.9 Å². The number of piperidine rings is 1. The molecule has 1 aromatic carbocycles. The molecular formula is C30H47N3O6. The van der Waals surface area contributed by atoms with Gasteiger partial charge in [0, 0.05) is 44.5 Å². The van der Waals surface area contributed by atoms with E-state index >= 15 is 0 Å². The molecule has 0 N–H and O–H groups in total. The van der Waals surface area contributed by atoms with Crippen LogP contribution >= 0.6 is 0 Å². The number of benzene rings is 1. The highest BCUT2D eigenvalue weighted by Crippen LogP contribution is 2.40. The summed E-state index contributed by atoms with van der Waals surface area (Å²) in [6.45, 7) is 17.2. The fourth-order valence-electron chi connectivity index (χ4n) is 5.18. The van der Waals surface area contributed by atoms with E-state index in [1.165, 1.54) is 0 Å². The van der Waals surface area contributed by atoms with Gasteiger partial charge in [-0.25, -0.2) is 4.79 Å². The zero-order valence-corrected chi connectivity index (χ0v) is 25.3. The zero-order valence-electron chi connectivity index (χ0n) is 25.3. The Morgan fingerprint density at radius 3 is 2.51 bits per heavy atom. The molecule has 1 aromatic rings. The van der Waals surface area contributed by atoms with Crippen LogP contribution < -0.4 is 9.64 Å². The van der Waals surface area contributed by atoms with Gasteiger partial charge in [-0.05, 0) is 91.8 Å². The maximum Gasteiger partial charge on any atom is 0.330 e. The predicted molar refractivity (Wildman–Crippen MR) is 151 cm³/mol. The summed E-state index contributed by atoms with van der Waals surface area (Å²) in [5, 5.41) is 1.70. The Morgan fingerprint density at radius 2 is 1.92 bits per heavy atom. The van der Waals surface area contributed by atoms with Gasteiger partial charge in [0.2, 0.25) is 0 Å². The lowest BCUT2D eigenvalue weighted by Crippen LogP contribution is -2.54. The quantitative estimate of drug-likeness (QED) is 0.419. The highest BCUT2D eigenvalue weighted by Gasteiger charge is 2.42. The minimum Gasteiger partial charge on any atom is -0.476 e. The van der Waals surface area contributed by atoms with Gasteiger partial charge >= 0.3 is 5.97 Å². The lowest BCUT2D eigenvalue weighted by Gasteiger charge is -2.42. The Labute approximate surface area is 233 Å². The number of hydrogen-bond donors (Lipinski definition) is 0. The molecule has 1 atom stereocenters. The number of aryl methyl sites for hydroxylation is 1. The van der Waals surface area contributed by atoms with Gasteiger partial charge in [0.05, 0.1) is 17.6 Å². The SMILES string of the molecule is CCc1cc2c(cc1C(=O)N(C(C)C)C1CCCN(OC(=O)C(C)(C)C)C1)N(CCCOC)C(=O)C(C)(C)O2. The molecule has 2 heterocycles. The molecule has 9 nitrogen and oxygen atoms in total. The summed E-state index contributed by atoms with van der Waals surface area (Å²) in [5.74, 6) is 0.0972. The van der Waals surface area contributed by atoms with Crippen molar-refractivity contribution >= 4 is 23.5 Å². The number of carbonyl (C=O) groups excluding carboxylic acids is 3. The van der Waals surface area contributed by atoms with Gasteiger partial charge < -0.3 is 24.1 Å². The Bertz CT molecular complexity index is 1060. The maximum atomic E-state index is 14.3. The lowest BCUT2D eigenvalue weighted by molar-refractivity contribution is -0.208. The van der Waals surface area contributed by atoms with Crippen LogP contribution in [-0.2, 0) is 25.6 Å². The number of rotatable bonds is 9. The molecule has 9 heteroatoms. The number of hydrogen-bond acceptors (Lipinski definition) is 7. The molecule has 2 aliphatic heterocycles. The third-order valence-electron chi connectivity index (χ3n) is 7.31. The first-order valence-electron chi connectivity index (χ1n) is 14.2. The zero-order chi connectivity index (χ0) is 29.1. The Hall–Kier alpha value is -2.65. The predicted octanol–water partition coefficient (Wildman–Crippen LogP) is 4.61. The average molecular weight is 546 g/mol. The van der Waals surface area contributed by atoms with E-state index in [2.05, 4.69) is 0 Å². The van der Waals surface area contributed by atoms with Crippen LogP contribution in [0.5, 0.6) is 5.75 Å². The molecule has 3 rings (SSSR count). The van der Waals surface area contributed by atoms with Crippen molar-refractivity contribution in [2.24, 2.45) is 5.41 Å². The number of carbonyl (C=O) groups is 3. The van der Waals surface area contributed by atoms with Gasteiger partial charge in [-0.1, -0.05) is 6.92 Å². The van der Waals surface area contributed by atoms with Crippen LogP contribution in [0, 0.1) is 5.41 Å². The fourth-order valence-corrected chi connectivity index (χ4v) is 5.18. The third-order valence-corrected chi connectivity index (χ3v) is 7.31. The molecule has 2 amide bonds. The van der Waals surface area contributed by atoms with Crippen molar-refractivity contribution < 1.29 is 28.7 Å². The van der Waals surface area contributed by atoms with Gasteiger partial charge in [0.25, 0.3) is 11.8 Å². The molecule has 218 valence electrons. The minimum absolute atomic E-state index is 0.0730. The van der Waals surface area contributed by atoms with E-state index < -0.39 is 11.0 Å². The number of ether oxygens (including phenoxy) is 2. The monoisotopic (exact) mass is 545 g/mol. The Balaban J connectivity index is 1.96. The number of methoxy groups -OCH3 is 1. The van der Waals surface area contributed by atoms with Crippen molar-refractivity contribution in [2.45, 2.75) is 98.8 Å². The minimum atomic E-state index is -1.00. The first-order chi connectivity index (χ1) is 18.2. The Morgan fingerprint density at radius 1 is 1.23 bits per heavy atom. The number of nitrogens with zero attached hydrogens (tertiary/aromatic N) is 3. The second-order valence-corrected chi connectivity index (χ2v) is 12.4. The standard InChI is InChI=1S/C30H47N3O6/c1-10-21-17-25-24(32(15-12-16-37-9)27(35)30(7,8)38-25)18-23(21)26(34)33(20(2)3)22-13-11-14-31(19-22)39-28(36)29(4,5)6/h17-18,20,22H,10-16,19H2,1-9H3. The third kappa shape index (κ3) is 6.92. The molecule has 1 unspecified atom stereocenters. The molecule has 0 bridgehead atoms. The number of anilines is 1. The number of fused-ring (bicyclic) bond motifs is 1. The largest absolute Gasteiger partial charge is 0.476 e. The van der Waals surface area contributed by atoms with Crippen molar-refractivity contribution in [3.8, 4) is 5.75 Å². The van der Waals surface area contributed by atoms with Gasteiger partial charge in [-0.2, -0.15) is 0 Å². The van der Waals surface area contributed by atoms with Gasteiger partial charge in [-0.15, -0.1) is 5.06 Å². The van der Waals surface area contributed by atoms with E-state index in [4.69, 9.17) is 14.3 Å². The summed E-state index contributed by atoms with van der Waals surface area (Å²) in [5.41, 5.74) is 0.448. The van der Waals surface area contributed by atoms with E-state index in [9.17, 15) is 14.4 Å². The molecule has 1 saturated heterocycles. The number of hydroxylamine groups is 2. The van der Waals surface area contributed by atoms with Crippen molar-refractivity contribution in [1.29, 1.82) is 0 Å².